The molecule has 2 aliphatic rings. The first-order valence-corrected chi connectivity index (χ1v) is 17.6. The highest BCUT2D eigenvalue weighted by atomic mass is 35.5. The molecule has 2 aliphatic heterocycles. The minimum atomic E-state index is -1.02. The number of aliphatic hydroxyl groups is 1. The average molecular weight is 713 g/mol. The molecule has 3 heterocycles. The van der Waals surface area contributed by atoms with Crippen LogP contribution in [0.15, 0.2) is 64.5 Å². The lowest BCUT2D eigenvalue weighted by atomic mass is 9.94. The molecule has 0 aliphatic carbocycles. The Bertz CT molecular complexity index is 1880. The summed E-state index contributed by atoms with van der Waals surface area (Å²) in [6, 6.07) is 14.8. The van der Waals surface area contributed by atoms with Gasteiger partial charge in [-0.05, 0) is 79.4 Å². The van der Waals surface area contributed by atoms with Gasteiger partial charge in [-0.25, -0.2) is 0 Å². The molecule has 6 rings (SSSR count). The molecule has 0 saturated carbocycles. The van der Waals surface area contributed by atoms with Gasteiger partial charge < -0.3 is 19.3 Å². The van der Waals surface area contributed by atoms with Gasteiger partial charge in [0.15, 0.2) is 15.8 Å². The molecule has 9 nitrogen and oxygen atoms in total. The third-order valence-electron chi connectivity index (χ3n) is 7.63. The van der Waals surface area contributed by atoms with Crippen LogP contribution in [0.5, 0.6) is 17.2 Å². The van der Waals surface area contributed by atoms with E-state index in [4.69, 9.17) is 37.4 Å². The van der Waals surface area contributed by atoms with E-state index < -0.39 is 17.7 Å². The zero-order chi connectivity index (χ0) is 33.2. The van der Waals surface area contributed by atoms with E-state index in [0.29, 0.717) is 62.4 Å². The minimum absolute atomic E-state index is 0.00131. The predicted octanol–water partition coefficient (Wildman–Crippen LogP) is 8.27. The third-order valence-corrected chi connectivity index (χ3v) is 10.3. The molecule has 4 aromatic rings. The predicted molar refractivity (Wildman–Crippen MR) is 184 cm³/mol. The first-order chi connectivity index (χ1) is 22.7. The number of ketones is 1. The van der Waals surface area contributed by atoms with Crippen LogP contribution in [-0.2, 0) is 21.8 Å². The molecule has 0 spiro atoms. The molecule has 1 N–H and O–H groups in total. The number of halogens is 2. The van der Waals surface area contributed by atoms with E-state index in [1.165, 1.54) is 28.0 Å². The van der Waals surface area contributed by atoms with Crippen molar-refractivity contribution in [2.75, 3.05) is 18.1 Å². The van der Waals surface area contributed by atoms with Crippen molar-refractivity contribution < 1.29 is 28.9 Å². The highest BCUT2D eigenvalue weighted by Crippen LogP contribution is 2.46. The molecule has 1 aromatic heterocycles. The van der Waals surface area contributed by atoms with Crippen molar-refractivity contribution in [2.24, 2.45) is 0 Å². The molecule has 1 fully saturated rings. The van der Waals surface area contributed by atoms with E-state index >= 15 is 0 Å². The number of amides is 1. The van der Waals surface area contributed by atoms with Crippen molar-refractivity contribution in [3.05, 3.63) is 92.5 Å². The molecule has 2 unspecified atom stereocenters. The van der Waals surface area contributed by atoms with Crippen LogP contribution in [0.2, 0.25) is 10.0 Å². The smallest absolute Gasteiger partial charge is 0.301 e. The Morgan fingerprint density at radius 1 is 1.06 bits per heavy atom. The molecule has 244 valence electrons. The van der Waals surface area contributed by atoms with Crippen molar-refractivity contribution >= 4 is 68.9 Å². The van der Waals surface area contributed by atoms with Crippen LogP contribution in [0.25, 0.3) is 5.76 Å². The lowest BCUT2D eigenvalue weighted by Crippen LogP contribution is -2.29. The fraction of sp³-hybridized carbons (Fsp3) is 0.294. The number of ether oxygens (including phenoxy) is 3. The number of thioether (sulfide) groups is 1. The molecule has 1 saturated heterocycles. The van der Waals surface area contributed by atoms with Gasteiger partial charge in [-0.1, -0.05) is 65.4 Å². The Labute approximate surface area is 290 Å². The summed E-state index contributed by atoms with van der Waals surface area (Å²) in [7, 11) is 0. The number of Topliss-reactive ketones (excluding diaryl/α,β-unsaturated/α-hetero) is 1. The van der Waals surface area contributed by atoms with Gasteiger partial charge in [0.25, 0.3) is 5.78 Å². The summed E-state index contributed by atoms with van der Waals surface area (Å²) in [5.74, 6) is 0.267. The van der Waals surface area contributed by atoms with E-state index in [1.54, 1.807) is 48.5 Å². The standard InChI is InChI=1S/C34H31Cl2N3O6S2/c1-4-12-44-26-11-7-19(15-27(26)43-5-2)29-28(30(40)20-8-10-25-22(14-20)13-18(3)45-25)31(41)32(42)39(29)33-37-38-34(47-33)46-17-21-6-9-23(35)16-24(21)36/h6-11,14-16,18,29,40H,4-5,12-13,17H2,1-3H3/b30-28-. The Morgan fingerprint density at radius 3 is 2.66 bits per heavy atom. The zero-order valence-electron chi connectivity index (χ0n) is 25.8. The number of carbonyl (C=O) groups excluding carboxylic acids is 2. The van der Waals surface area contributed by atoms with Gasteiger partial charge in [0.05, 0.1) is 24.8 Å². The lowest BCUT2D eigenvalue weighted by Gasteiger charge is -2.23. The molecule has 47 heavy (non-hydrogen) atoms. The van der Waals surface area contributed by atoms with Crippen molar-refractivity contribution in [1.29, 1.82) is 0 Å². The quantitative estimate of drug-likeness (QED) is 0.0540. The molecule has 1 amide bonds. The van der Waals surface area contributed by atoms with Gasteiger partial charge in [-0.2, -0.15) is 0 Å². The van der Waals surface area contributed by atoms with E-state index in [2.05, 4.69) is 10.2 Å². The van der Waals surface area contributed by atoms with E-state index in [1.807, 2.05) is 26.8 Å². The Hall–Kier alpha value is -3.77. The summed E-state index contributed by atoms with van der Waals surface area (Å²) < 4.78 is 18.2. The van der Waals surface area contributed by atoms with E-state index in [-0.39, 0.29) is 22.6 Å². The van der Waals surface area contributed by atoms with Gasteiger partial charge in [0.2, 0.25) is 5.13 Å². The molecule has 0 radical (unpaired) electrons. The second-order valence-corrected chi connectivity index (χ2v) is 14.0. The number of hydrogen-bond donors (Lipinski definition) is 1. The van der Waals surface area contributed by atoms with Crippen LogP contribution in [0.4, 0.5) is 5.13 Å². The van der Waals surface area contributed by atoms with Gasteiger partial charge in [0, 0.05) is 27.8 Å². The first-order valence-electron chi connectivity index (χ1n) is 15.1. The van der Waals surface area contributed by atoms with E-state index in [0.717, 1.165) is 23.3 Å². The topological polar surface area (TPSA) is 111 Å². The number of aromatic nitrogens is 2. The van der Waals surface area contributed by atoms with Gasteiger partial charge in [-0.15, -0.1) is 10.2 Å². The Morgan fingerprint density at radius 2 is 1.89 bits per heavy atom. The summed E-state index contributed by atoms with van der Waals surface area (Å²) in [4.78, 5) is 28.9. The third kappa shape index (κ3) is 6.80. The lowest BCUT2D eigenvalue weighted by molar-refractivity contribution is -0.132. The summed E-state index contributed by atoms with van der Waals surface area (Å²) >= 11 is 15.0. The van der Waals surface area contributed by atoms with Crippen molar-refractivity contribution in [3.8, 4) is 17.2 Å². The van der Waals surface area contributed by atoms with E-state index in [9.17, 15) is 14.7 Å². The maximum atomic E-state index is 13.8. The molecule has 2 atom stereocenters. The first kappa shape index (κ1) is 33.1. The molecular formula is C34H31Cl2N3O6S2. The average Bonchev–Trinajstić information content (AvgIpc) is 3.74. The van der Waals surface area contributed by atoms with Crippen LogP contribution < -0.4 is 19.1 Å². The number of carbonyl (C=O) groups is 2. The largest absolute Gasteiger partial charge is 0.507 e. The zero-order valence-corrected chi connectivity index (χ0v) is 28.9. The van der Waals surface area contributed by atoms with Crippen LogP contribution in [0, 0.1) is 0 Å². The highest BCUT2D eigenvalue weighted by molar-refractivity contribution is 8.00. The van der Waals surface area contributed by atoms with Crippen LogP contribution in [-0.4, -0.2) is 46.3 Å². The normalized spacial score (nSPS) is 18.4. The van der Waals surface area contributed by atoms with Crippen LogP contribution in [0.3, 0.4) is 0 Å². The number of rotatable bonds is 11. The van der Waals surface area contributed by atoms with Gasteiger partial charge in [0.1, 0.15) is 17.6 Å². The fourth-order valence-electron chi connectivity index (χ4n) is 5.50. The van der Waals surface area contributed by atoms with Crippen molar-refractivity contribution in [1.82, 2.24) is 10.2 Å². The SMILES string of the molecule is CCCOc1ccc(C2/C(=C(/O)c3ccc4c(c3)CC(C)O4)C(=O)C(=O)N2c2nnc(SCc3ccc(Cl)cc3Cl)s2)cc1OCC. The second kappa shape index (κ2) is 14.1. The number of hydrogen-bond acceptors (Lipinski definition) is 10. The summed E-state index contributed by atoms with van der Waals surface area (Å²) in [6.07, 6.45) is 1.47. The molecular weight excluding hydrogens is 681 g/mol. The van der Waals surface area contributed by atoms with Crippen LogP contribution >= 0.6 is 46.3 Å². The fourth-order valence-corrected chi connectivity index (χ4v) is 7.93. The summed E-state index contributed by atoms with van der Waals surface area (Å²) in [5, 5.41) is 21.6. The maximum absolute atomic E-state index is 13.8. The monoisotopic (exact) mass is 711 g/mol. The molecule has 0 bridgehead atoms. The number of nitrogens with zero attached hydrogens (tertiary/aromatic N) is 3. The van der Waals surface area contributed by atoms with Crippen LogP contribution in [0.1, 0.15) is 55.5 Å². The van der Waals surface area contributed by atoms with Gasteiger partial charge >= 0.3 is 5.91 Å². The summed E-state index contributed by atoms with van der Waals surface area (Å²) in [5.41, 5.74) is 2.65. The van der Waals surface area contributed by atoms with Crippen molar-refractivity contribution in [3.63, 3.8) is 0 Å². The number of anilines is 1. The summed E-state index contributed by atoms with van der Waals surface area (Å²) in [6.45, 7) is 6.69. The maximum Gasteiger partial charge on any atom is 0.301 e. The number of fused-ring (bicyclic) bond motifs is 1. The Kier molecular flexibility index (Phi) is 9.98. The number of benzene rings is 3. The number of aliphatic hydroxyl groups excluding tert-OH is 1. The highest BCUT2D eigenvalue weighted by Gasteiger charge is 2.48. The Balaban J connectivity index is 1.42. The molecule has 13 heteroatoms. The minimum Gasteiger partial charge on any atom is -0.507 e. The second-order valence-electron chi connectivity index (χ2n) is 11.0. The van der Waals surface area contributed by atoms with Gasteiger partial charge in [-0.3, -0.25) is 14.5 Å². The molecule has 3 aromatic carbocycles. The van der Waals surface area contributed by atoms with Crippen molar-refractivity contribution in [2.45, 2.75) is 55.9 Å².